The predicted molar refractivity (Wildman–Crippen MR) is 113 cm³/mol. The van der Waals surface area contributed by atoms with Gasteiger partial charge in [0.1, 0.15) is 5.82 Å². The molecule has 0 aliphatic carbocycles. The van der Waals surface area contributed by atoms with Gasteiger partial charge in [-0.3, -0.25) is 20.1 Å². The number of carbonyl (C=O) groups excluding carboxylic acids is 2. The number of hydrogen-bond acceptors (Lipinski definition) is 5. The minimum atomic E-state index is -0.558. The van der Waals surface area contributed by atoms with E-state index in [9.17, 15) is 14.0 Å². The maximum Gasteiger partial charge on any atom is 0.324 e. The Morgan fingerprint density at radius 2 is 2.10 bits per heavy atom. The molecule has 1 aliphatic heterocycles. The van der Waals surface area contributed by atoms with E-state index in [4.69, 9.17) is 17.4 Å². The molecule has 0 bridgehead atoms. The number of aromatic nitrogens is 1. The van der Waals surface area contributed by atoms with Gasteiger partial charge >= 0.3 is 6.03 Å². The Kier molecular flexibility index (Phi) is 6.86. The molecule has 30 heavy (non-hydrogen) atoms. The topological polar surface area (TPSA) is 94.8 Å². The fraction of sp³-hybridized carbons (Fsp3) is 0.350. The summed E-state index contributed by atoms with van der Waals surface area (Å²) in [5.74, 6) is 4.12. The Morgan fingerprint density at radius 1 is 1.33 bits per heavy atom. The quantitative estimate of drug-likeness (QED) is 0.427. The third-order valence-corrected chi connectivity index (χ3v) is 5.44. The second kappa shape index (κ2) is 9.38. The Labute approximate surface area is 179 Å². The molecule has 1 saturated heterocycles. The molecule has 3 rings (SSSR count). The first-order valence-electron chi connectivity index (χ1n) is 9.44. The van der Waals surface area contributed by atoms with Gasteiger partial charge in [-0.15, -0.1) is 0 Å². The summed E-state index contributed by atoms with van der Waals surface area (Å²) < 4.78 is 13.7. The van der Waals surface area contributed by atoms with Crippen LogP contribution in [0.2, 0.25) is 5.02 Å². The van der Waals surface area contributed by atoms with Crippen molar-refractivity contribution in [2.45, 2.75) is 19.0 Å². The molecule has 0 spiro atoms. The molecular weight excluding hydrogens is 411 g/mol. The maximum absolute atomic E-state index is 13.7. The van der Waals surface area contributed by atoms with E-state index in [1.54, 1.807) is 17.0 Å². The SMILES string of the molecule is CN(C)C1CCN(C(=O)N(Cc2ccc(C(=O)NN)cn2)c2ccc(F)c(Cl)c2)C1. The van der Waals surface area contributed by atoms with Crippen LogP contribution < -0.4 is 16.2 Å². The van der Waals surface area contributed by atoms with E-state index >= 15 is 0 Å². The smallest absolute Gasteiger partial charge is 0.323 e. The van der Waals surface area contributed by atoms with Crippen molar-refractivity contribution in [2.24, 2.45) is 5.84 Å². The molecule has 3 N–H and O–H groups in total. The van der Waals surface area contributed by atoms with Gasteiger partial charge in [0.05, 0.1) is 22.8 Å². The summed E-state index contributed by atoms with van der Waals surface area (Å²) in [6, 6.07) is 7.43. The number of amides is 3. The zero-order chi connectivity index (χ0) is 21.8. The van der Waals surface area contributed by atoms with E-state index in [-0.39, 0.29) is 23.6 Å². The number of nitrogens with one attached hydrogen (secondary N) is 1. The van der Waals surface area contributed by atoms with Crippen LogP contribution in [0.4, 0.5) is 14.9 Å². The number of rotatable bonds is 5. The fourth-order valence-electron chi connectivity index (χ4n) is 3.33. The number of carbonyl (C=O) groups is 2. The summed E-state index contributed by atoms with van der Waals surface area (Å²) in [6.45, 7) is 1.35. The Hall–Kier alpha value is -2.75. The zero-order valence-corrected chi connectivity index (χ0v) is 17.6. The number of nitrogens with zero attached hydrogens (tertiary/aromatic N) is 4. The van der Waals surface area contributed by atoms with Crippen LogP contribution in [0.3, 0.4) is 0 Å². The summed E-state index contributed by atoms with van der Waals surface area (Å²) in [6.07, 6.45) is 2.26. The van der Waals surface area contributed by atoms with Gasteiger partial charge in [-0.1, -0.05) is 11.6 Å². The lowest BCUT2D eigenvalue weighted by molar-refractivity contribution is 0.0953. The molecule has 10 heteroatoms. The monoisotopic (exact) mass is 434 g/mol. The van der Waals surface area contributed by atoms with Gasteiger partial charge in [-0.05, 0) is 50.8 Å². The van der Waals surface area contributed by atoms with Crippen LogP contribution >= 0.6 is 11.6 Å². The summed E-state index contributed by atoms with van der Waals surface area (Å²) in [7, 11) is 3.97. The van der Waals surface area contributed by atoms with Crippen molar-refractivity contribution in [2.75, 3.05) is 32.1 Å². The van der Waals surface area contributed by atoms with E-state index in [0.29, 0.717) is 30.0 Å². The van der Waals surface area contributed by atoms with Crippen molar-refractivity contribution < 1.29 is 14.0 Å². The van der Waals surface area contributed by atoms with Gasteiger partial charge in [-0.25, -0.2) is 15.0 Å². The molecule has 0 saturated carbocycles. The Morgan fingerprint density at radius 3 is 2.67 bits per heavy atom. The van der Waals surface area contributed by atoms with E-state index in [0.717, 1.165) is 6.42 Å². The second-order valence-electron chi connectivity index (χ2n) is 7.33. The van der Waals surface area contributed by atoms with Crippen molar-refractivity contribution in [3.8, 4) is 0 Å². The highest BCUT2D eigenvalue weighted by Crippen LogP contribution is 2.26. The number of halogens is 2. The molecule has 1 unspecified atom stereocenters. The zero-order valence-electron chi connectivity index (χ0n) is 16.8. The average Bonchev–Trinajstić information content (AvgIpc) is 3.24. The van der Waals surface area contributed by atoms with Crippen LogP contribution in [-0.2, 0) is 6.54 Å². The van der Waals surface area contributed by atoms with Gasteiger partial charge < -0.3 is 9.80 Å². The number of urea groups is 1. The first-order chi connectivity index (χ1) is 14.3. The largest absolute Gasteiger partial charge is 0.324 e. The van der Waals surface area contributed by atoms with Gasteiger partial charge in [0.15, 0.2) is 0 Å². The lowest BCUT2D eigenvalue weighted by atomic mass is 10.2. The van der Waals surface area contributed by atoms with E-state index in [1.807, 2.05) is 19.5 Å². The maximum atomic E-state index is 13.7. The van der Waals surface area contributed by atoms with Crippen molar-refractivity contribution in [3.05, 3.63) is 58.6 Å². The molecule has 160 valence electrons. The van der Waals surface area contributed by atoms with Crippen LogP contribution in [0, 0.1) is 5.82 Å². The van der Waals surface area contributed by atoms with Gasteiger partial charge in [0.25, 0.3) is 5.91 Å². The highest BCUT2D eigenvalue weighted by atomic mass is 35.5. The molecule has 1 atom stereocenters. The third kappa shape index (κ3) is 4.86. The summed E-state index contributed by atoms with van der Waals surface area (Å²) in [4.78, 5) is 34.6. The Bertz CT molecular complexity index is 924. The molecule has 1 aliphatic rings. The summed E-state index contributed by atoms with van der Waals surface area (Å²) in [5, 5.41) is -0.0687. The van der Waals surface area contributed by atoms with Gasteiger partial charge in [0.2, 0.25) is 0 Å². The highest BCUT2D eigenvalue weighted by molar-refractivity contribution is 6.31. The van der Waals surface area contributed by atoms with Crippen LogP contribution in [0.25, 0.3) is 0 Å². The van der Waals surface area contributed by atoms with Gasteiger partial charge in [-0.2, -0.15) is 0 Å². The lowest BCUT2D eigenvalue weighted by Gasteiger charge is -2.29. The summed E-state index contributed by atoms with van der Waals surface area (Å²) >= 11 is 5.96. The number of nitrogen functional groups attached to an aromatic ring is 1. The Balaban J connectivity index is 1.87. The summed E-state index contributed by atoms with van der Waals surface area (Å²) in [5.41, 5.74) is 3.37. The number of anilines is 1. The minimum Gasteiger partial charge on any atom is -0.323 e. The van der Waals surface area contributed by atoms with Crippen LogP contribution in [-0.4, -0.2) is 59.9 Å². The van der Waals surface area contributed by atoms with Crippen LogP contribution in [0.5, 0.6) is 0 Å². The fourth-order valence-corrected chi connectivity index (χ4v) is 3.50. The first kappa shape index (κ1) is 21.9. The van der Waals surface area contributed by atoms with E-state index < -0.39 is 11.7 Å². The number of likely N-dealkylation sites (N-methyl/N-ethyl adjacent to an activating group) is 1. The van der Waals surface area contributed by atoms with E-state index in [1.165, 1.54) is 29.3 Å². The van der Waals surface area contributed by atoms with Crippen molar-refractivity contribution in [1.82, 2.24) is 20.2 Å². The number of hydrogen-bond donors (Lipinski definition) is 2. The highest BCUT2D eigenvalue weighted by Gasteiger charge is 2.31. The molecule has 0 radical (unpaired) electrons. The molecule has 2 aromatic rings. The predicted octanol–water partition coefficient (Wildman–Crippen LogP) is 2.24. The molecule has 1 fully saturated rings. The molecule has 3 amide bonds. The standard InChI is InChI=1S/C20H24ClFN6O2/c1-26(2)16-7-8-27(12-16)20(30)28(15-5-6-18(22)17(21)9-15)11-14-4-3-13(10-24-14)19(29)25-23/h3-6,9-10,16H,7-8,11-12,23H2,1-2H3,(H,25,29). The van der Waals surface area contributed by atoms with Crippen molar-refractivity contribution >= 4 is 29.2 Å². The molecule has 1 aromatic carbocycles. The third-order valence-electron chi connectivity index (χ3n) is 5.15. The van der Waals surface area contributed by atoms with Crippen LogP contribution in [0.15, 0.2) is 36.5 Å². The molecule has 2 heterocycles. The second-order valence-corrected chi connectivity index (χ2v) is 7.74. The average molecular weight is 435 g/mol. The normalized spacial score (nSPS) is 16.1. The number of hydrazine groups is 1. The minimum absolute atomic E-state index is 0.0687. The number of likely N-dealkylation sites (tertiary alicyclic amines) is 1. The number of pyridine rings is 1. The molecule has 8 nitrogen and oxygen atoms in total. The molecular formula is C20H24ClFN6O2. The van der Waals surface area contributed by atoms with Crippen molar-refractivity contribution in [3.63, 3.8) is 0 Å². The van der Waals surface area contributed by atoms with E-state index in [2.05, 4.69) is 9.88 Å². The number of benzene rings is 1. The van der Waals surface area contributed by atoms with Crippen molar-refractivity contribution in [1.29, 1.82) is 0 Å². The van der Waals surface area contributed by atoms with Crippen LogP contribution in [0.1, 0.15) is 22.5 Å². The molecule has 1 aromatic heterocycles. The number of nitrogens with two attached hydrogens (primary N) is 1. The van der Waals surface area contributed by atoms with Gasteiger partial charge in [0, 0.05) is 31.0 Å². The lowest BCUT2D eigenvalue weighted by Crippen LogP contribution is -2.43. The first-order valence-corrected chi connectivity index (χ1v) is 9.81.